The van der Waals surface area contributed by atoms with Crippen molar-refractivity contribution in [3.8, 4) is 65.0 Å². The van der Waals surface area contributed by atoms with Crippen LogP contribution in [-0.2, 0) is 33.5 Å². The Bertz CT molecular complexity index is 1470. The first-order valence-electron chi connectivity index (χ1n) is 17.6. The molecule has 0 N–H and O–H groups in total. The molecule has 0 aromatic heterocycles. The van der Waals surface area contributed by atoms with Crippen molar-refractivity contribution in [2.75, 3.05) is 26.4 Å². The van der Waals surface area contributed by atoms with Crippen LogP contribution in [0.15, 0.2) is 0 Å². The number of ether oxygens (including phenoxy) is 3. The van der Waals surface area contributed by atoms with Gasteiger partial charge in [-0.3, -0.25) is 0 Å². The third kappa shape index (κ3) is 11.9. The Balaban J connectivity index is 0.000000401. The van der Waals surface area contributed by atoms with E-state index in [2.05, 4.69) is 141 Å². The summed E-state index contributed by atoms with van der Waals surface area (Å²) < 4.78 is 23.7. The third-order valence-electron chi connectivity index (χ3n) is 9.65. The SMILES string of the molecule is CC(C)(C)[Si](C)(C)OCCC#Cc1c2c(c([Si](C)(C)C(C)(C)C)c3c1CCO3)COC2.CCCC#CC#CCOCC#CC#CCCC. The molecule has 1 aromatic carbocycles. The normalized spacial score (nSPS) is 13.2. The molecular weight excluding hydrogens is 625 g/mol. The first-order valence-corrected chi connectivity index (χ1v) is 23.5. The second-order valence-electron chi connectivity index (χ2n) is 15.3. The monoisotopic (exact) mass is 684 g/mol. The molecule has 0 fully saturated rings. The summed E-state index contributed by atoms with van der Waals surface area (Å²) in [5.74, 6) is 30.6. The molecule has 4 nitrogen and oxygen atoms in total. The summed E-state index contributed by atoms with van der Waals surface area (Å²) in [5.41, 5.74) is 5.19. The Morgan fingerprint density at radius 2 is 1.25 bits per heavy atom. The van der Waals surface area contributed by atoms with Crippen LogP contribution >= 0.6 is 0 Å². The van der Waals surface area contributed by atoms with Gasteiger partial charge in [-0.25, -0.2) is 0 Å². The molecule has 0 spiro atoms. The molecule has 1 aromatic rings. The van der Waals surface area contributed by atoms with E-state index in [1.165, 1.54) is 27.4 Å². The lowest BCUT2D eigenvalue weighted by molar-refractivity contribution is 0.134. The van der Waals surface area contributed by atoms with Crippen molar-refractivity contribution in [3.63, 3.8) is 0 Å². The van der Waals surface area contributed by atoms with Crippen LogP contribution in [0, 0.1) is 59.2 Å². The molecular formula is C42H60O4Si2. The highest BCUT2D eigenvalue weighted by molar-refractivity contribution is 6.93. The number of unbranched alkanes of at least 4 members (excludes halogenated alkanes) is 2. The van der Waals surface area contributed by atoms with Crippen molar-refractivity contribution in [3.05, 3.63) is 22.3 Å². The van der Waals surface area contributed by atoms with Gasteiger partial charge in [0, 0.05) is 43.4 Å². The van der Waals surface area contributed by atoms with Crippen molar-refractivity contribution in [1.29, 1.82) is 0 Å². The number of rotatable bonds is 8. The van der Waals surface area contributed by atoms with Crippen LogP contribution in [0.3, 0.4) is 0 Å². The van der Waals surface area contributed by atoms with E-state index in [1.54, 1.807) is 0 Å². The predicted molar refractivity (Wildman–Crippen MR) is 207 cm³/mol. The van der Waals surface area contributed by atoms with Crippen LogP contribution in [0.25, 0.3) is 0 Å². The molecule has 6 heteroatoms. The molecule has 0 atom stereocenters. The highest BCUT2D eigenvalue weighted by atomic mass is 28.4. The zero-order chi connectivity index (χ0) is 35.8. The van der Waals surface area contributed by atoms with Crippen LogP contribution in [-0.4, -0.2) is 42.8 Å². The molecule has 0 unspecified atom stereocenters. The lowest BCUT2D eigenvalue weighted by Gasteiger charge is -2.39. The van der Waals surface area contributed by atoms with Crippen molar-refractivity contribution < 1.29 is 18.6 Å². The average molecular weight is 685 g/mol. The van der Waals surface area contributed by atoms with Gasteiger partial charge in [0.05, 0.1) is 27.9 Å². The molecule has 260 valence electrons. The van der Waals surface area contributed by atoms with E-state index in [4.69, 9.17) is 18.6 Å². The minimum atomic E-state index is -1.77. The van der Waals surface area contributed by atoms with Crippen LogP contribution in [0.1, 0.15) is 110 Å². The summed E-state index contributed by atoms with van der Waals surface area (Å²) in [7, 11) is -3.49. The number of hydrogen-bond donors (Lipinski definition) is 0. The third-order valence-corrected chi connectivity index (χ3v) is 19.7. The quantitative estimate of drug-likeness (QED) is 0.156. The molecule has 3 rings (SSSR count). The van der Waals surface area contributed by atoms with Gasteiger partial charge in [-0.05, 0) is 76.0 Å². The molecule has 0 amide bonds. The fourth-order valence-electron chi connectivity index (χ4n) is 4.80. The van der Waals surface area contributed by atoms with Gasteiger partial charge in [0.1, 0.15) is 19.0 Å². The van der Waals surface area contributed by atoms with E-state index < -0.39 is 16.4 Å². The molecule has 0 saturated heterocycles. The standard InChI is InChI=1S/C26H42O3Si2.C16H18O/c1-25(2,3)30(7,8)24-22-18-27-17-21(22)19(20-14-16-28-23(20)24)13-11-12-15-29-31(9,10)26(4,5)6;1-3-5-7-9-11-13-15-17-16-14-12-10-8-6-4-2/h12,14-18H2,1-10H3;3-6,15-16H2,1-2H3. The molecule has 0 bridgehead atoms. The summed E-state index contributed by atoms with van der Waals surface area (Å²) in [6.07, 6.45) is 5.66. The summed E-state index contributed by atoms with van der Waals surface area (Å²) in [6, 6.07) is 0. The molecule has 48 heavy (non-hydrogen) atoms. The smallest absolute Gasteiger partial charge is 0.192 e. The van der Waals surface area contributed by atoms with E-state index in [0.717, 1.165) is 50.9 Å². The molecule has 2 heterocycles. The van der Waals surface area contributed by atoms with Crippen molar-refractivity contribution in [2.45, 2.75) is 143 Å². The largest absolute Gasteiger partial charge is 0.493 e. The van der Waals surface area contributed by atoms with Gasteiger partial charge < -0.3 is 18.6 Å². The van der Waals surface area contributed by atoms with Crippen LogP contribution in [0.5, 0.6) is 5.75 Å². The Morgan fingerprint density at radius 3 is 1.79 bits per heavy atom. The summed E-state index contributed by atoms with van der Waals surface area (Å²) in [5, 5.41) is 1.96. The lowest BCUT2D eigenvalue weighted by Crippen LogP contribution is -2.51. The Morgan fingerprint density at radius 1 is 0.688 bits per heavy atom. The highest BCUT2D eigenvalue weighted by Crippen LogP contribution is 2.43. The van der Waals surface area contributed by atoms with Gasteiger partial charge in [0.15, 0.2) is 8.32 Å². The topological polar surface area (TPSA) is 36.9 Å². The fourth-order valence-corrected chi connectivity index (χ4v) is 8.36. The highest BCUT2D eigenvalue weighted by Gasteiger charge is 2.44. The lowest BCUT2D eigenvalue weighted by atomic mass is 9.96. The van der Waals surface area contributed by atoms with Crippen molar-refractivity contribution >= 4 is 21.6 Å². The second-order valence-corrected chi connectivity index (χ2v) is 25.4. The average Bonchev–Trinajstić information content (AvgIpc) is 3.68. The van der Waals surface area contributed by atoms with Gasteiger partial charge in [-0.2, -0.15) is 0 Å². The molecule has 2 aliphatic heterocycles. The Kier molecular flexibility index (Phi) is 16.7. The number of fused-ring (bicyclic) bond motifs is 2. The minimum Gasteiger partial charge on any atom is -0.493 e. The van der Waals surface area contributed by atoms with Crippen LogP contribution in [0.2, 0.25) is 36.3 Å². The Labute approximate surface area is 296 Å². The van der Waals surface area contributed by atoms with E-state index in [1.807, 2.05) is 0 Å². The molecule has 0 aliphatic carbocycles. The fraction of sp³-hybridized carbons (Fsp3) is 0.619. The summed E-state index contributed by atoms with van der Waals surface area (Å²) in [6.45, 7) is 31.3. The molecule has 0 saturated carbocycles. The van der Waals surface area contributed by atoms with Crippen molar-refractivity contribution in [2.24, 2.45) is 0 Å². The van der Waals surface area contributed by atoms with Gasteiger partial charge in [0.25, 0.3) is 0 Å². The van der Waals surface area contributed by atoms with E-state index >= 15 is 0 Å². The van der Waals surface area contributed by atoms with Gasteiger partial charge in [-0.1, -0.05) is 104 Å². The maximum atomic E-state index is 6.31. The van der Waals surface area contributed by atoms with Gasteiger partial charge >= 0.3 is 0 Å². The van der Waals surface area contributed by atoms with E-state index in [9.17, 15) is 0 Å². The van der Waals surface area contributed by atoms with Crippen molar-refractivity contribution in [1.82, 2.24) is 0 Å². The maximum Gasteiger partial charge on any atom is 0.192 e. The van der Waals surface area contributed by atoms with Gasteiger partial charge in [0.2, 0.25) is 0 Å². The van der Waals surface area contributed by atoms with E-state index in [-0.39, 0.29) is 10.1 Å². The van der Waals surface area contributed by atoms with Crippen LogP contribution < -0.4 is 9.92 Å². The summed E-state index contributed by atoms with van der Waals surface area (Å²) in [4.78, 5) is 0. The van der Waals surface area contributed by atoms with Crippen LogP contribution in [0.4, 0.5) is 0 Å². The molecule has 0 radical (unpaired) electrons. The predicted octanol–water partition coefficient (Wildman–Crippen LogP) is 8.75. The maximum absolute atomic E-state index is 6.31. The minimum absolute atomic E-state index is 0.232. The molecule has 2 aliphatic rings. The van der Waals surface area contributed by atoms with Gasteiger partial charge in [-0.15, -0.1) is 0 Å². The second kappa shape index (κ2) is 19.4. The van der Waals surface area contributed by atoms with E-state index in [0.29, 0.717) is 33.0 Å². The Hall–Kier alpha value is -2.87. The summed E-state index contributed by atoms with van der Waals surface area (Å²) >= 11 is 0. The zero-order valence-electron chi connectivity index (χ0n) is 32.1. The number of benzene rings is 1. The zero-order valence-corrected chi connectivity index (χ0v) is 34.1. The number of hydrogen-bond acceptors (Lipinski definition) is 4. The first-order chi connectivity index (χ1) is 22.6. The first kappa shape index (κ1) is 41.3.